The lowest BCUT2D eigenvalue weighted by atomic mass is 9.85. The summed E-state index contributed by atoms with van der Waals surface area (Å²) in [7, 11) is 0. The van der Waals surface area contributed by atoms with Gasteiger partial charge in [0.25, 0.3) is 0 Å². The number of benzene rings is 3. The van der Waals surface area contributed by atoms with Crippen molar-refractivity contribution in [3.05, 3.63) is 106 Å². The third-order valence-electron chi connectivity index (χ3n) is 6.13. The molecule has 0 spiro atoms. The summed E-state index contributed by atoms with van der Waals surface area (Å²) in [5.74, 6) is -1.08. The standard InChI is InChI=1S/C27H23NO3S/c1-17(24(28)26(29)30)31-27(25-19(15-16-32-25)18-9-3-2-4-10-18)22-13-7-5-11-20(22)21-12-6-8-14-23(21)27/h2-17,24H,28H2,1H3,(H,29,30)/t17?,24-/m0/s1. The van der Waals surface area contributed by atoms with Crippen molar-refractivity contribution in [2.75, 3.05) is 0 Å². The summed E-state index contributed by atoms with van der Waals surface area (Å²) in [6.07, 6.45) is -0.725. The first-order valence-electron chi connectivity index (χ1n) is 10.5. The second kappa shape index (κ2) is 8.02. The monoisotopic (exact) mass is 441 g/mol. The van der Waals surface area contributed by atoms with Crippen molar-refractivity contribution >= 4 is 17.3 Å². The molecule has 5 heteroatoms. The molecule has 1 aliphatic carbocycles. The van der Waals surface area contributed by atoms with Gasteiger partial charge >= 0.3 is 5.97 Å². The number of rotatable bonds is 6. The van der Waals surface area contributed by atoms with Gasteiger partial charge in [0.1, 0.15) is 6.04 Å². The summed E-state index contributed by atoms with van der Waals surface area (Å²) in [5, 5.41) is 11.6. The lowest BCUT2D eigenvalue weighted by molar-refractivity contribution is -0.144. The quantitative estimate of drug-likeness (QED) is 0.414. The fourth-order valence-corrected chi connectivity index (χ4v) is 5.69. The molecule has 0 aliphatic heterocycles. The SMILES string of the molecule is CC(OC1(c2sccc2-c2ccccc2)c2ccccc2-c2ccccc21)[C@H](N)C(=O)O. The highest BCUT2D eigenvalue weighted by molar-refractivity contribution is 7.10. The third-order valence-corrected chi connectivity index (χ3v) is 7.14. The second-order valence-electron chi connectivity index (χ2n) is 7.99. The summed E-state index contributed by atoms with van der Waals surface area (Å²) >= 11 is 1.62. The van der Waals surface area contributed by atoms with Gasteiger partial charge in [-0.2, -0.15) is 0 Å². The van der Waals surface area contributed by atoms with E-state index in [0.29, 0.717) is 0 Å². The Morgan fingerprint density at radius 3 is 2.03 bits per heavy atom. The van der Waals surface area contributed by atoms with Crippen LogP contribution in [0.3, 0.4) is 0 Å². The van der Waals surface area contributed by atoms with Crippen molar-refractivity contribution < 1.29 is 14.6 Å². The van der Waals surface area contributed by atoms with Crippen molar-refractivity contribution in [3.63, 3.8) is 0 Å². The molecular weight excluding hydrogens is 418 g/mol. The molecule has 0 bridgehead atoms. The Morgan fingerprint density at radius 1 is 0.875 bits per heavy atom. The minimum absolute atomic E-state index is 0.725. The molecular formula is C27H23NO3S. The van der Waals surface area contributed by atoms with E-state index in [1.54, 1.807) is 18.3 Å². The van der Waals surface area contributed by atoms with Crippen LogP contribution in [0.4, 0.5) is 0 Å². The van der Waals surface area contributed by atoms with Crippen LogP contribution >= 0.6 is 11.3 Å². The lowest BCUT2D eigenvalue weighted by Crippen LogP contribution is -2.46. The minimum Gasteiger partial charge on any atom is -0.480 e. The van der Waals surface area contributed by atoms with E-state index in [1.807, 2.05) is 42.5 Å². The molecule has 0 saturated carbocycles. The smallest absolute Gasteiger partial charge is 0.323 e. The summed E-state index contributed by atoms with van der Waals surface area (Å²) in [5.41, 5.74) is 11.4. The fraction of sp³-hybridized carbons (Fsp3) is 0.148. The predicted molar refractivity (Wildman–Crippen MR) is 128 cm³/mol. The first kappa shape index (κ1) is 20.6. The topological polar surface area (TPSA) is 72.5 Å². The van der Waals surface area contributed by atoms with Gasteiger partial charge in [0.15, 0.2) is 5.60 Å². The van der Waals surface area contributed by atoms with Gasteiger partial charge in [-0.1, -0.05) is 78.9 Å². The molecule has 4 nitrogen and oxygen atoms in total. The number of carboxylic acids is 1. The van der Waals surface area contributed by atoms with Crippen molar-refractivity contribution in [1.82, 2.24) is 0 Å². The number of carboxylic acid groups (broad SMARTS) is 1. The molecule has 0 saturated heterocycles. The number of hydrogen-bond donors (Lipinski definition) is 2. The van der Waals surface area contributed by atoms with E-state index in [9.17, 15) is 9.90 Å². The van der Waals surface area contributed by atoms with Crippen molar-refractivity contribution in [2.45, 2.75) is 24.7 Å². The molecule has 5 rings (SSSR count). The van der Waals surface area contributed by atoms with E-state index in [1.165, 1.54) is 0 Å². The summed E-state index contributed by atoms with van der Waals surface area (Å²) in [6.45, 7) is 1.74. The molecule has 4 aromatic rings. The van der Waals surface area contributed by atoms with Crippen molar-refractivity contribution in [3.8, 4) is 22.3 Å². The average Bonchev–Trinajstić information content (AvgIpc) is 3.42. The number of fused-ring (bicyclic) bond motifs is 3. The van der Waals surface area contributed by atoms with Crippen LogP contribution in [0, 0.1) is 0 Å². The van der Waals surface area contributed by atoms with Crippen LogP contribution < -0.4 is 5.73 Å². The number of carbonyl (C=O) groups is 1. The predicted octanol–water partition coefficient (Wildman–Crippen LogP) is 5.50. The van der Waals surface area contributed by atoms with E-state index in [0.717, 1.165) is 38.3 Å². The summed E-state index contributed by atoms with van der Waals surface area (Å²) in [6, 6.07) is 27.5. The lowest BCUT2D eigenvalue weighted by Gasteiger charge is -2.36. The maximum Gasteiger partial charge on any atom is 0.323 e. The summed E-state index contributed by atoms with van der Waals surface area (Å²) < 4.78 is 6.79. The molecule has 1 heterocycles. The molecule has 32 heavy (non-hydrogen) atoms. The van der Waals surface area contributed by atoms with Crippen molar-refractivity contribution in [2.24, 2.45) is 5.73 Å². The number of ether oxygens (including phenoxy) is 1. The van der Waals surface area contributed by atoms with E-state index < -0.39 is 23.7 Å². The van der Waals surface area contributed by atoms with E-state index in [2.05, 4.69) is 47.8 Å². The number of hydrogen-bond acceptors (Lipinski definition) is 4. The Balaban J connectivity index is 1.81. The Bertz CT molecular complexity index is 1240. The average molecular weight is 442 g/mol. The van der Waals surface area contributed by atoms with Gasteiger partial charge < -0.3 is 15.6 Å². The third kappa shape index (κ3) is 3.09. The number of nitrogens with two attached hydrogens (primary N) is 1. The van der Waals surface area contributed by atoms with E-state index in [4.69, 9.17) is 10.5 Å². The molecule has 160 valence electrons. The molecule has 0 amide bonds. The maximum atomic E-state index is 11.7. The molecule has 0 fully saturated rings. The Hall–Kier alpha value is -3.25. The molecule has 1 aliphatic rings. The van der Waals surface area contributed by atoms with Gasteiger partial charge in [0.2, 0.25) is 0 Å². The first-order valence-corrected chi connectivity index (χ1v) is 11.4. The zero-order valence-electron chi connectivity index (χ0n) is 17.6. The van der Waals surface area contributed by atoms with Crippen LogP contribution in [0.25, 0.3) is 22.3 Å². The largest absolute Gasteiger partial charge is 0.480 e. The molecule has 0 radical (unpaired) electrons. The van der Waals surface area contributed by atoms with Gasteiger partial charge in [0, 0.05) is 11.1 Å². The van der Waals surface area contributed by atoms with Crippen LogP contribution in [-0.2, 0) is 15.1 Å². The van der Waals surface area contributed by atoms with Crippen LogP contribution in [0.15, 0.2) is 90.3 Å². The van der Waals surface area contributed by atoms with Crippen LogP contribution in [0.2, 0.25) is 0 Å². The molecule has 3 N–H and O–H groups in total. The molecule has 1 unspecified atom stereocenters. The Morgan fingerprint density at radius 2 is 1.44 bits per heavy atom. The Kier molecular flexibility index (Phi) is 5.18. The normalized spacial score (nSPS) is 15.6. The van der Waals surface area contributed by atoms with E-state index in [-0.39, 0.29) is 0 Å². The van der Waals surface area contributed by atoms with Gasteiger partial charge in [-0.3, -0.25) is 4.79 Å². The van der Waals surface area contributed by atoms with Gasteiger partial charge in [-0.25, -0.2) is 0 Å². The highest BCUT2D eigenvalue weighted by atomic mass is 32.1. The first-order chi connectivity index (χ1) is 15.5. The Labute approximate surface area is 190 Å². The highest BCUT2D eigenvalue weighted by Crippen LogP contribution is 2.56. The van der Waals surface area contributed by atoms with Crippen LogP contribution in [0.1, 0.15) is 22.9 Å². The van der Waals surface area contributed by atoms with Gasteiger partial charge in [-0.15, -0.1) is 11.3 Å². The van der Waals surface area contributed by atoms with Crippen LogP contribution in [0.5, 0.6) is 0 Å². The highest BCUT2D eigenvalue weighted by Gasteiger charge is 2.49. The fourth-order valence-electron chi connectivity index (χ4n) is 4.60. The van der Waals surface area contributed by atoms with Crippen LogP contribution in [-0.4, -0.2) is 23.2 Å². The molecule has 3 aromatic carbocycles. The second-order valence-corrected chi connectivity index (χ2v) is 8.90. The molecule has 2 atom stereocenters. The zero-order valence-corrected chi connectivity index (χ0v) is 18.4. The van der Waals surface area contributed by atoms with Crippen molar-refractivity contribution in [1.29, 1.82) is 0 Å². The maximum absolute atomic E-state index is 11.7. The summed E-state index contributed by atoms with van der Waals surface area (Å²) in [4.78, 5) is 12.7. The van der Waals surface area contributed by atoms with E-state index >= 15 is 0 Å². The van der Waals surface area contributed by atoms with Gasteiger partial charge in [0.05, 0.1) is 11.0 Å². The van der Waals surface area contributed by atoms with Gasteiger partial charge in [-0.05, 0) is 40.6 Å². The minimum atomic E-state index is -1.15. The zero-order chi connectivity index (χ0) is 22.3. The number of aliphatic carboxylic acids is 1. The molecule has 1 aromatic heterocycles. The number of thiophene rings is 1.